The highest BCUT2D eigenvalue weighted by molar-refractivity contribution is 7.10. The van der Waals surface area contributed by atoms with Gasteiger partial charge in [0.25, 0.3) is 11.8 Å². The van der Waals surface area contributed by atoms with Gasteiger partial charge in [-0.15, -0.1) is 21.5 Å². The first kappa shape index (κ1) is 18.8. The van der Waals surface area contributed by atoms with Crippen molar-refractivity contribution in [1.82, 2.24) is 20.5 Å². The van der Waals surface area contributed by atoms with Crippen LogP contribution >= 0.6 is 11.3 Å². The molecule has 0 unspecified atom stereocenters. The summed E-state index contributed by atoms with van der Waals surface area (Å²) in [6.07, 6.45) is 6.80. The second kappa shape index (κ2) is 8.65. The Hall–Kier alpha value is -2.54. The fraction of sp³-hybridized carbons (Fsp3) is 0.429. The predicted octanol–water partition coefficient (Wildman–Crippen LogP) is 4.46. The molecule has 3 aromatic rings. The zero-order chi connectivity index (χ0) is 19.3. The van der Waals surface area contributed by atoms with Crippen LogP contribution in [0.5, 0.6) is 0 Å². The second-order valence-corrected chi connectivity index (χ2v) is 8.24. The van der Waals surface area contributed by atoms with Crippen LogP contribution in [0.2, 0.25) is 0 Å². The van der Waals surface area contributed by atoms with E-state index in [1.807, 2.05) is 29.6 Å². The summed E-state index contributed by atoms with van der Waals surface area (Å²) in [5.74, 6) is 2.01. The zero-order valence-corrected chi connectivity index (χ0v) is 16.7. The lowest BCUT2D eigenvalue weighted by atomic mass is 9.82. The third-order valence-corrected chi connectivity index (χ3v) is 6.42. The van der Waals surface area contributed by atoms with E-state index in [4.69, 9.17) is 4.42 Å². The summed E-state index contributed by atoms with van der Waals surface area (Å²) in [6, 6.07) is 7.63. The molecular weight excluding hydrogens is 372 g/mol. The van der Waals surface area contributed by atoms with E-state index in [-0.39, 0.29) is 5.91 Å². The van der Waals surface area contributed by atoms with Crippen molar-refractivity contribution >= 4 is 17.2 Å². The van der Waals surface area contributed by atoms with E-state index in [1.54, 1.807) is 17.5 Å². The van der Waals surface area contributed by atoms with Gasteiger partial charge in [0, 0.05) is 28.9 Å². The molecule has 1 amide bonds. The van der Waals surface area contributed by atoms with Crippen LogP contribution < -0.4 is 5.32 Å². The second-order valence-electron chi connectivity index (χ2n) is 7.24. The van der Waals surface area contributed by atoms with Gasteiger partial charge in [0.05, 0.1) is 5.56 Å². The largest absolute Gasteiger partial charge is 0.419 e. The van der Waals surface area contributed by atoms with E-state index >= 15 is 0 Å². The topological polar surface area (TPSA) is 80.9 Å². The number of thiophene rings is 1. The Kier molecular flexibility index (Phi) is 5.81. The average Bonchev–Trinajstić information content (AvgIpc) is 3.43. The molecule has 0 spiro atoms. The van der Waals surface area contributed by atoms with E-state index in [0.29, 0.717) is 29.3 Å². The highest BCUT2D eigenvalue weighted by Crippen LogP contribution is 2.35. The first-order valence-electron chi connectivity index (χ1n) is 9.83. The maximum Gasteiger partial charge on any atom is 0.266 e. The summed E-state index contributed by atoms with van der Waals surface area (Å²) >= 11 is 1.65. The van der Waals surface area contributed by atoms with Crippen LogP contribution in [-0.4, -0.2) is 27.6 Å². The Morgan fingerprint density at radius 2 is 2.11 bits per heavy atom. The Balaban J connectivity index is 1.27. The molecule has 1 aliphatic carbocycles. The number of nitrogens with one attached hydrogen (secondary N) is 1. The number of rotatable bonds is 6. The van der Waals surface area contributed by atoms with Crippen molar-refractivity contribution in [3.63, 3.8) is 0 Å². The van der Waals surface area contributed by atoms with E-state index in [2.05, 4.69) is 27.4 Å². The number of hydrogen-bond acceptors (Lipinski definition) is 6. The summed E-state index contributed by atoms with van der Waals surface area (Å²) < 4.78 is 5.86. The van der Waals surface area contributed by atoms with E-state index < -0.39 is 0 Å². The van der Waals surface area contributed by atoms with Crippen molar-refractivity contribution in [2.24, 2.45) is 5.92 Å². The van der Waals surface area contributed by atoms with Crippen LogP contribution in [0.1, 0.15) is 59.7 Å². The van der Waals surface area contributed by atoms with Crippen LogP contribution in [0.4, 0.5) is 0 Å². The normalized spacial score (nSPS) is 19.5. The molecule has 0 aromatic carbocycles. The van der Waals surface area contributed by atoms with E-state index in [9.17, 15) is 4.79 Å². The van der Waals surface area contributed by atoms with Crippen LogP contribution in [0.3, 0.4) is 0 Å². The maximum atomic E-state index is 12.3. The van der Waals surface area contributed by atoms with Crippen LogP contribution in [0, 0.1) is 5.92 Å². The minimum absolute atomic E-state index is 0.0370. The van der Waals surface area contributed by atoms with Gasteiger partial charge in [-0.1, -0.05) is 13.0 Å². The number of nitrogens with zero attached hydrogens (tertiary/aromatic N) is 3. The molecule has 1 saturated carbocycles. The quantitative estimate of drug-likeness (QED) is 0.665. The Bertz CT molecular complexity index is 913. The molecule has 28 heavy (non-hydrogen) atoms. The number of pyridine rings is 1. The molecule has 7 heteroatoms. The molecule has 4 rings (SSSR count). The van der Waals surface area contributed by atoms with Gasteiger partial charge in [-0.05, 0) is 56.2 Å². The molecule has 0 aliphatic heterocycles. The molecular formula is C21H24N4O2S. The fourth-order valence-electron chi connectivity index (χ4n) is 3.63. The lowest BCUT2D eigenvalue weighted by Crippen LogP contribution is -2.30. The van der Waals surface area contributed by atoms with Gasteiger partial charge in [-0.25, -0.2) is 0 Å². The van der Waals surface area contributed by atoms with Gasteiger partial charge >= 0.3 is 0 Å². The smallest absolute Gasteiger partial charge is 0.266 e. The molecule has 0 atom stereocenters. The fourth-order valence-corrected chi connectivity index (χ4v) is 4.45. The van der Waals surface area contributed by atoms with Crippen molar-refractivity contribution < 1.29 is 9.21 Å². The molecule has 146 valence electrons. The van der Waals surface area contributed by atoms with Crippen LogP contribution in [0.15, 0.2) is 40.3 Å². The number of hydrogen-bond donors (Lipinski definition) is 1. The summed E-state index contributed by atoms with van der Waals surface area (Å²) in [5.41, 5.74) is 1.49. The van der Waals surface area contributed by atoms with Crippen LogP contribution in [-0.2, 0) is 6.42 Å². The summed E-state index contributed by atoms with van der Waals surface area (Å²) in [5, 5.41) is 13.4. The molecule has 3 aromatic heterocycles. The first-order chi connectivity index (χ1) is 13.7. The number of amides is 1. The molecule has 0 radical (unpaired) electrons. The summed E-state index contributed by atoms with van der Waals surface area (Å²) in [6.45, 7) is 2.83. The molecule has 1 aliphatic rings. The highest BCUT2D eigenvalue weighted by Gasteiger charge is 2.27. The summed E-state index contributed by atoms with van der Waals surface area (Å²) in [7, 11) is 0. The molecule has 0 bridgehead atoms. The molecule has 1 N–H and O–H groups in total. The Labute approximate surface area is 168 Å². The molecule has 3 heterocycles. The standard InChI is InChI=1S/C21H24N4O2S/c1-2-17-11-16(13-28-17)19(26)23-12-14-6-8-15(9-7-14)20-24-25-21(27-20)18-5-3-4-10-22-18/h3-5,10-11,13-15H,2,6-9,12H2,1H3,(H,23,26). The van der Waals surface area contributed by atoms with Gasteiger partial charge in [0.15, 0.2) is 0 Å². The molecule has 1 fully saturated rings. The minimum Gasteiger partial charge on any atom is -0.419 e. The molecule has 6 nitrogen and oxygen atoms in total. The first-order valence-corrected chi connectivity index (χ1v) is 10.7. The van der Waals surface area contributed by atoms with Gasteiger partial charge in [0.2, 0.25) is 5.89 Å². The minimum atomic E-state index is 0.0370. The predicted molar refractivity (Wildman–Crippen MR) is 108 cm³/mol. The number of carbonyl (C=O) groups excluding carboxylic acids is 1. The number of aromatic nitrogens is 3. The zero-order valence-electron chi connectivity index (χ0n) is 15.9. The number of carbonyl (C=O) groups is 1. The third kappa shape index (κ3) is 4.30. The lowest BCUT2D eigenvalue weighted by Gasteiger charge is -2.26. The lowest BCUT2D eigenvalue weighted by molar-refractivity contribution is 0.0942. The van der Waals surface area contributed by atoms with Crippen LogP contribution in [0.25, 0.3) is 11.6 Å². The average molecular weight is 397 g/mol. The Morgan fingerprint density at radius 3 is 2.82 bits per heavy atom. The SMILES string of the molecule is CCc1cc(C(=O)NCC2CCC(c3nnc(-c4ccccn4)o3)CC2)cs1. The maximum absolute atomic E-state index is 12.3. The van der Waals surface area contributed by atoms with Crippen molar-refractivity contribution in [1.29, 1.82) is 0 Å². The van der Waals surface area contributed by atoms with E-state index in [0.717, 1.165) is 44.2 Å². The summed E-state index contributed by atoms with van der Waals surface area (Å²) in [4.78, 5) is 17.8. The monoisotopic (exact) mass is 396 g/mol. The van der Waals surface area contributed by atoms with Gasteiger partial charge < -0.3 is 9.73 Å². The van der Waals surface area contributed by atoms with Crippen molar-refractivity contribution in [3.05, 3.63) is 52.2 Å². The number of aryl methyl sites for hydroxylation is 1. The van der Waals surface area contributed by atoms with E-state index in [1.165, 1.54) is 4.88 Å². The van der Waals surface area contributed by atoms with Crippen molar-refractivity contribution in [2.75, 3.05) is 6.54 Å². The van der Waals surface area contributed by atoms with Gasteiger partial charge in [-0.2, -0.15) is 0 Å². The van der Waals surface area contributed by atoms with Crippen molar-refractivity contribution in [2.45, 2.75) is 44.9 Å². The van der Waals surface area contributed by atoms with Gasteiger partial charge in [-0.3, -0.25) is 9.78 Å². The molecule has 0 saturated heterocycles. The Morgan fingerprint density at radius 1 is 1.25 bits per heavy atom. The highest BCUT2D eigenvalue weighted by atomic mass is 32.1. The van der Waals surface area contributed by atoms with Crippen molar-refractivity contribution in [3.8, 4) is 11.6 Å². The van der Waals surface area contributed by atoms with Gasteiger partial charge in [0.1, 0.15) is 5.69 Å². The third-order valence-electron chi connectivity index (χ3n) is 5.34.